The fourth-order valence-corrected chi connectivity index (χ4v) is 2.31. The Kier molecular flexibility index (Phi) is 5.15. The summed E-state index contributed by atoms with van der Waals surface area (Å²) in [5.41, 5.74) is 1.00. The highest BCUT2D eigenvalue weighted by molar-refractivity contribution is 5.76. The second kappa shape index (κ2) is 7.09. The van der Waals surface area contributed by atoms with Crippen molar-refractivity contribution < 1.29 is 9.53 Å². The Hall–Kier alpha value is -1.62. The monoisotopic (exact) mass is 263 g/mol. The molecule has 1 aliphatic rings. The van der Waals surface area contributed by atoms with E-state index in [9.17, 15) is 4.79 Å². The third-order valence-electron chi connectivity index (χ3n) is 3.37. The SMILES string of the molecule is COc1cc(CNC(=O)CC2CCCNC2)ccn1. The average molecular weight is 263 g/mol. The molecule has 0 saturated carbocycles. The summed E-state index contributed by atoms with van der Waals surface area (Å²) in [4.78, 5) is 15.9. The first-order valence-electron chi connectivity index (χ1n) is 6.74. The fraction of sp³-hybridized carbons (Fsp3) is 0.571. The summed E-state index contributed by atoms with van der Waals surface area (Å²) in [6.07, 6.45) is 4.60. The zero-order valence-electron chi connectivity index (χ0n) is 11.3. The van der Waals surface area contributed by atoms with Gasteiger partial charge in [-0.05, 0) is 43.5 Å². The molecule has 2 heterocycles. The minimum atomic E-state index is 0.115. The van der Waals surface area contributed by atoms with Crippen LogP contribution in [-0.4, -0.2) is 31.1 Å². The van der Waals surface area contributed by atoms with Crippen molar-refractivity contribution in [1.82, 2.24) is 15.6 Å². The van der Waals surface area contributed by atoms with E-state index in [4.69, 9.17) is 4.74 Å². The predicted molar refractivity (Wildman–Crippen MR) is 72.8 cm³/mol. The van der Waals surface area contributed by atoms with Crippen molar-refractivity contribution in [3.8, 4) is 5.88 Å². The number of nitrogens with zero attached hydrogens (tertiary/aromatic N) is 1. The molecule has 1 unspecified atom stereocenters. The third-order valence-corrected chi connectivity index (χ3v) is 3.37. The van der Waals surface area contributed by atoms with E-state index in [1.807, 2.05) is 12.1 Å². The first-order chi connectivity index (χ1) is 9.28. The number of hydrogen-bond acceptors (Lipinski definition) is 4. The van der Waals surface area contributed by atoms with Crippen molar-refractivity contribution >= 4 is 5.91 Å². The van der Waals surface area contributed by atoms with E-state index < -0.39 is 0 Å². The van der Waals surface area contributed by atoms with Crippen molar-refractivity contribution in [2.75, 3.05) is 20.2 Å². The fourth-order valence-electron chi connectivity index (χ4n) is 2.31. The molecule has 1 aromatic heterocycles. The van der Waals surface area contributed by atoms with Crippen LogP contribution >= 0.6 is 0 Å². The van der Waals surface area contributed by atoms with Gasteiger partial charge in [0.1, 0.15) is 0 Å². The van der Waals surface area contributed by atoms with Gasteiger partial charge in [0.25, 0.3) is 0 Å². The molecule has 0 aliphatic carbocycles. The largest absolute Gasteiger partial charge is 0.481 e. The molecule has 5 nitrogen and oxygen atoms in total. The average Bonchev–Trinajstić information content (AvgIpc) is 2.46. The summed E-state index contributed by atoms with van der Waals surface area (Å²) >= 11 is 0. The number of nitrogens with one attached hydrogen (secondary N) is 2. The van der Waals surface area contributed by atoms with Gasteiger partial charge in [-0.3, -0.25) is 4.79 Å². The van der Waals surface area contributed by atoms with E-state index in [1.54, 1.807) is 13.3 Å². The van der Waals surface area contributed by atoms with E-state index in [-0.39, 0.29) is 5.91 Å². The van der Waals surface area contributed by atoms with Gasteiger partial charge in [-0.25, -0.2) is 4.98 Å². The molecule has 5 heteroatoms. The molecular weight excluding hydrogens is 242 g/mol. The summed E-state index contributed by atoms with van der Waals surface area (Å²) in [6, 6.07) is 3.72. The number of aromatic nitrogens is 1. The molecular formula is C14H21N3O2. The molecule has 0 spiro atoms. The molecule has 19 heavy (non-hydrogen) atoms. The van der Waals surface area contributed by atoms with Crippen LogP contribution in [0.4, 0.5) is 0 Å². The Labute approximate surface area is 113 Å². The number of carbonyl (C=O) groups is 1. The summed E-state index contributed by atoms with van der Waals surface area (Å²) in [7, 11) is 1.58. The molecule has 1 atom stereocenters. The van der Waals surface area contributed by atoms with E-state index in [0.29, 0.717) is 24.8 Å². The van der Waals surface area contributed by atoms with E-state index >= 15 is 0 Å². The second-order valence-corrected chi connectivity index (χ2v) is 4.90. The van der Waals surface area contributed by atoms with E-state index in [1.165, 1.54) is 6.42 Å². The van der Waals surface area contributed by atoms with Gasteiger partial charge in [0, 0.05) is 25.2 Å². The van der Waals surface area contributed by atoms with E-state index in [0.717, 1.165) is 25.1 Å². The van der Waals surface area contributed by atoms with Crippen LogP contribution in [0.15, 0.2) is 18.3 Å². The molecule has 0 radical (unpaired) electrons. The van der Waals surface area contributed by atoms with Crippen LogP contribution in [-0.2, 0) is 11.3 Å². The maximum absolute atomic E-state index is 11.9. The van der Waals surface area contributed by atoms with E-state index in [2.05, 4.69) is 15.6 Å². The summed E-state index contributed by atoms with van der Waals surface area (Å²) in [6.45, 7) is 2.56. The van der Waals surface area contributed by atoms with Crippen molar-refractivity contribution in [3.05, 3.63) is 23.9 Å². The Balaban J connectivity index is 1.76. The molecule has 1 fully saturated rings. The predicted octanol–water partition coefficient (Wildman–Crippen LogP) is 1.10. The van der Waals surface area contributed by atoms with Crippen LogP contribution in [0.3, 0.4) is 0 Å². The number of ether oxygens (including phenoxy) is 1. The molecule has 0 aromatic carbocycles. The number of carbonyl (C=O) groups excluding carboxylic acids is 1. The van der Waals surface area contributed by atoms with Crippen LogP contribution in [0.25, 0.3) is 0 Å². The van der Waals surface area contributed by atoms with Gasteiger partial charge in [0.15, 0.2) is 0 Å². The minimum Gasteiger partial charge on any atom is -0.481 e. The number of methoxy groups -OCH3 is 1. The lowest BCUT2D eigenvalue weighted by Gasteiger charge is -2.22. The number of pyridine rings is 1. The van der Waals surface area contributed by atoms with Gasteiger partial charge in [0.2, 0.25) is 11.8 Å². The van der Waals surface area contributed by atoms with Gasteiger partial charge in [-0.1, -0.05) is 0 Å². The number of piperidine rings is 1. The minimum absolute atomic E-state index is 0.115. The first kappa shape index (κ1) is 13.8. The van der Waals surface area contributed by atoms with Crippen LogP contribution in [0.1, 0.15) is 24.8 Å². The Morgan fingerprint density at radius 2 is 2.53 bits per heavy atom. The van der Waals surface area contributed by atoms with Crippen LogP contribution in [0.2, 0.25) is 0 Å². The zero-order valence-corrected chi connectivity index (χ0v) is 11.3. The van der Waals surface area contributed by atoms with Crippen molar-refractivity contribution in [2.45, 2.75) is 25.8 Å². The number of hydrogen-bond donors (Lipinski definition) is 2. The first-order valence-corrected chi connectivity index (χ1v) is 6.74. The molecule has 2 N–H and O–H groups in total. The Bertz CT molecular complexity index is 417. The molecule has 2 rings (SSSR count). The lowest BCUT2D eigenvalue weighted by atomic mass is 9.96. The molecule has 0 bridgehead atoms. The lowest BCUT2D eigenvalue weighted by Crippen LogP contribution is -2.34. The molecule has 1 aromatic rings. The normalized spacial score (nSPS) is 18.9. The van der Waals surface area contributed by atoms with Crippen LogP contribution in [0.5, 0.6) is 5.88 Å². The van der Waals surface area contributed by atoms with Gasteiger partial charge in [-0.15, -0.1) is 0 Å². The summed E-state index contributed by atoms with van der Waals surface area (Å²) in [5, 5.41) is 6.27. The maximum Gasteiger partial charge on any atom is 0.220 e. The third kappa shape index (κ3) is 4.52. The zero-order chi connectivity index (χ0) is 13.5. The summed E-state index contributed by atoms with van der Waals surface area (Å²) in [5.74, 6) is 1.16. The van der Waals surface area contributed by atoms with Crippen molar-refractivity contribution in [1.29, 1.82) is 0 Å². The summed E-state index contributed by atoms with van der Waals surface area (Å²) < 4.78 is 5.05. The molecule has 1 aliphatic heterocycles. The highest BCUT2D eigenvalue weighted by Gasteiger charge is 2.16. The molecule has 1 amide bonds. The quantitative estimate of drug-likeness (QED) is 0.835. The molecule has 1 saturated heterocycles. The van der Waals surface area contributed by atoms with Gasteiger partial charge >= 0.3 is 0 Å². The smallest absolute Gasteiger partial charge is 0.220 e. The standard InChI is InChI=1S/C14H21N3O2/c1-19-14-8-12(4-6-16-14)10-17-13(18)7-11-3-2-5-15-9-11/h4,6,8,11,15H,2-3,5,7,9-10H2,1H3,(H,17,18). The number of amides is 1. The van der Waals surface area contributed by atoms with Gasteiger partial charge in [0.05, 0.1) is 7.11 Å². The van der Waals surface area contributed by atoms with Gasteiger partial charge < -0.3 is 15.4 Å². The topological polar surface area (TPSA) is 63.2 Å². The van der Waals surface area contributed by atoms with Crippen LogP contribution < -0.4 is 15.4 Å². The Morgan fingerprint density at radius 1 is 1.63 bits per heavy atom. The maximum atomic E-state index is 11.9. The molecule has 104 valence electrons. The highest BCUT2D eigenvalue weighted by Crippen LogP contribution is 2.14. The van der Waals surface area contributed by atoms with Crippen molar-refractivity contribution in [2.24, 2.45) is 5.92 Å². The van der Waals surface area contributed by atoms with Gasteiger partial charge in [-0.2, -0.15) is 0 Å². The Morgan fingerprint density at radius 3 is 3.26 bits per heavy atom. The second-order valence-electron chi connectivity index (χ2n) is 4.90. The number of rotatable bonds is 5. The van der Waals surface area contributed by atoms with Crippen LogP contribution in [0, 0.1) is 5.92 Å². The lowest BCUT2D eigenvalue weighted by molar-refractivity contribution is -0.122. The highest BCUT2D eigenvalue weighted by atomic mass is 16.5. The van der Waals surface area contributed by atoms with Crippen molar-refractivity contribution in [3.63, 3.8) is 0 Å².